The number of H-pyrrole nitrogens is 1. The summed E-state index contributed by atoms with van der Waals surface area (Å²) in [5, 5.41) is 6.73. The first-order valence-corrected chi connectivity index (χ1v) is 9.99. The van der Waals surface area contributed by atoms with Crippen molar-refractivity contribution in [1.29, 1.82) is 0 Å². The van der Waals surface area contributed by atoms with Crippen molar-refractivity contribution in [3.63, 3.8) is 0 Å². The Morgan fingerprint density at radius 3 is 2.67 bits per heavy atom. The predicted octanol–water partition coefficient (Wildman–Crippen LogP) is 5.14. The molecule has 2 aromatic carbocycles. The molecule has 2 amide bonds. The lowest BCUT2D eigenvalue weighted by atomic mass is 9.97. The highest BCUT2D eigenvalue weighted by Gasteiger charge is 2.17. The van der Waals surface area contributed by atoms with Gasteiger partial charge in [-0.2, -0.15) is 0 Å². The zero-order valence-electron chi connectivity index (χ0n) is 17.8. The maximum atomic E-state index is 12.5. The molecule has 0 aliphatic heterocycles. The quantitative estimate of drug-likeness (QED) is 0.530. The topological polar surface area (TPSA) is 83.2 Å². The van der Waals surface area contributed by atoms with Gasteiger partial charge >= 0.3 is 6.09 Å². The molecule has 1 radical (unpaired) electrons. The van der Waals surface area contributed by atoms with E-state index in [0.29, 0.717) is 12.2 Å². The van der Waals surface area contributed by atoms with Crippen LogP contribution >= 0.6 is 0 Å². The lowest BCUT2D eigenvalue weighted by Gasteiger charge is -2.19. The monoisotopic (exact) mass is 406 g/mol. The molecule has 0 unspecified atom stereocenters. The van der Waals surface area contributed by atoms with Gasteiger partial charge in [-0.15, -0.1) is 0 Å². The van der Waals surface area contributed by atoms with E-state index in [1.165, 1.54) is 0 Å². The Labute approximate surface area is 177 Å². The largest absolute Gasteiger partial charge is 0.444 e. The average molecular weight is 407 g/mol. The van der Waals surface area contributed by atoms with Crippen molar-refractivity contribution < 1.29 is 14.3 Å². The van der Waals surface area contributed by atoms with Gasteiger partial charge in [0.15, 0.2) is 0 Å². The van der Waals surface area contributed by atoms with Crippen LogP contribution in [0.1, 0.15) is 44.7 Å². The highest BCUT2D eigenvalue weighted by atomic mass is 16.6. The summed E-state index contributed by atoms with van der Waals surface area (Å²) in [5.41, 5.74) is 3.13. The fourth-order valence-electron chi connectivity index (χ4n) is 3.22. The maximum absolute atomic E-state index is 12.5. The number of carbonyl (C=O) groups excluding carboxylic acids is 2. The first-order valence-electron chi connectivity index (χ1n) is 9.99. The number of hydrogen-bond donors (Lipinski definition) is 3. The van der Waals surface area contributed by atoms with Crippen LogP contribution in [-0.2, 0) is 16.1 Å². The molecule has 3 rings (SSSR count). The van der Waals surface area contributed by atoms with Crippen molar-refractivity contribution in [1.82, 2.24) is 10.3 Å². The van der Waals surface area contributed by atoms with E-state index in [2.05, 4.69) is 15.6 Å². The van der Waals surface area contributed by atoms with E-state index < -0.39 is 11.7 Å². The Morgan fingerprint density at radius 1 is 1.13 bits per heavy atom. The molecule has 0 aliphatic rings. The zero-order chi connectivity index (χ0) is 21.7. The van der Waals surface area contributed by atoms with Crippen molar-refractivity contribution in [2.75, 3.05) is 5.32 Å². The molecule has 0 saturated carbocycles. The molecule has 3 aromatic rings. The van der Waals surface area contributed by atoms with Gasteiger partial charge in [0.05, 0.1) is 6.42 Å². The van der Waals surface area contributed by atoms with Crippen LogP contribution in [0, 0.1) is 6.42 Å². The predicted molar refractivity (Wildman–Crippen MR) is 119 cm³/mol. The lowest BCUT2D eigenvalue weighted by Crippen LogP contribution is -2.32. The van der Waals surface area contributed by atoms with Gasteiger partial charge in [-0.25, -0.2) is 4.79 Å². The number of rotatable bonds is 6. The molecule has 6 heteroatoms. The standard InChI is InChI=1S/C24H28N3O3/c1-16(20-15-25-21-11-6-5-10-19(20)21)12-22(28)27-18-9-7-8-17(13-18)14-26-23(29)30-24(2,3)4/h5-13,15-16,25H,14H2,1-4H3,(H,26,29)(H,27,28)/t16-/m1/s1. The Balaban J connectivity index is 1.56. The lowest BCUT2D eigenvalue weighted by molar-refractivity contribution is -0.113. The van der Waals surface area contributed by atoms with Crippen LogP contribution in [0.2, 0.25) is 0 Å². The Kier molecular flexibility index (Phi) is 6.45. The summed E-state index contributed by atoms with van der Waals surface area (Å²) < 4.78 is 5.24. The summed E-state index contributed by atoms with van der Waals surface area (Å²) in [4.78, 5) is 27.6. The van der Waals surface area contributed by atoms with E-state index in [-0.39, 0.29) is 11.8 Å². The molecule has 0 spiro atoms. The van der Waals surface area contributed by atoms with E-state index in [9.17, 15) is 9.59 Å². The summed E-state index contributed by atoms with van der Waals surface area (Å²) in [7, 11) is 0. The van der Waals surface area contributed by atoms with Gasteiger partial charge in [0.25, 0.3) is 0 Å². The van der Waals surface area contributed by atoms with E-state index in [4.69, 9.17) is 4.74 Å². The molecule has 30 heavy (non-hydrogen) atoms. The third-order valence-corrected chi connectivity index (χ3v) is 4.54. The minimum absolute atomic E-state index is 0.0434. The van der Waals surface area contributed by atoms with Crippen molar-refractivity contribution >= 4 is 28.6 Å². The molecule has 157 valence electrons. The number of amides is 2. The summed E-state index contributed by atoms with van der Waals surface area (Å²) >= 11 is 0. The average Bonchev–Trinajstić information content (AvgIpc) is 3.09. The number of ether oxygens (including phenoxy) is 1. The van der Waals surface area contributed by atoms with Crippen LogP contribution in [-0.4, -0.2) is 22.6 Å². The molecule has 0 fully saturated rings. The second-order valence-corrected chi connectivity index (χ2v) is 8.29. The minimum Gasteiger partial charge on any atom is -0.444 e. The molecule has 1 atom stereocenters. The highest BCUT2D eigenvalue weighted by Crippen LogP contribution is 2.27. The number of aromatic amines is 1. The van der Waals surface area contributed by atoms with Gasteiger partial charge in [-0.3, -0.25) is 4.79 Å². The number of carbonyl (C=O) groups is 2. The number of hydrogen-bond acceptors (Lipinski definition) is 3. The van der Waals surface area contributed by atoms with Crippen LogP contribution in [0.5, 0.6) is 0 Å². The van der Waals surface area contributed by atoms with Crippen LogP contribution < -0.4 is 10.6 Å². The van der Waals surface area contributed by atoms with Crippen molar-refractivity contribution in [2.45, 2.75) is 45.8 Å². The number of aromatic nitrogens is 1. The highest BCUT2D eigenvalue weighted by molar-refractivity contribution is 5.98. The summed E-state index contributed by atoms with van der Waals surface area (Å²) in [5.74, 6) is -0.219. The second-order valence-electron chi connectivity index (χ2n) is 8.29. The SMILES string of the molecule is C[C@H]([CH]C(=O)Nc1cccc(CNC(=O)OC(C)(C)C)c1)c1c[nH]c2ccccc12. The Morgan fingerprint density at radius 2 is 1.90 bits per heavy atom. The molecule has 1 heterocycles. The van der Waals surface area contributed by atoms with Crippen molar-refractivity contribution in [3.05, 3.63) is 72.3 Å². The van der Waals surface area contributed by atoms with E-state index >= 15 is 0 Å². The molecule has 0 aliphatic carbocycles. The first kappa shape index (κ1) is 21.4. The van der Waals surface area contributed by atoms with Gasteiger partial charge in [0, 0.05) is 29.3 Å². The van der Waals surface area contributed by atoms with E-state index in [0.717, 1.165) is 22.0 Å². The third kappa shape index (κ3) is 5.86. The van der Waals surface area contributed by atoms with E-state index in [1.54, 1.807) is 6.42 Å². The molecular formula is C24H28N3O3. The number of nitrogens with one attached hydrogen (secondary N) is 3. The fraction of sp³-hybridized carbons (Fsp3) is 0.292. The van der Waals surface area contributed by atoms with Crippen LogP contribution in [0.15, 0.2) is 54.7 Å². The maximum Gasteiger partial charge on any atom is 0.407 e. The van der Waals surface area contributed by atoms with Gasteiger partial charge in [-0.1, -0.05) is 37.3 Å². The van der Waals surface area contributed by atoms with Crippen molar-refractivity contribution in [2.24, 2.45) is 0 Å². The molecular weight excluding hydrogens is 378 g/mol. The summed E-state index contributed by atoms with van der Waals surface area (Å²) in [6.07, 6.45) is 3.14. The molecule has 0 bridgehead atoms. The van der Waals surface area contributed by atoms with Crippen molar-refractivity contribution in [3.8, 4) is 0 Å². The van der Waals surface area contributed by atoms with E-state index in [1.807, 2.05) is 82.4 Å². The smallest absolute Gasteiger partial charge is 0.407 e. The van der Waals surface area contributed by atoms with Gasteiger partial charge in [0.2, 0.25) is 5.91 Å². The normalized spacial score (nSPS) is 12.4. The third-order valence-electron chi connectivity index (χ3n) is 4.54. The Bertz CT molecular complexity index is 1030. The molecule has 0 saturated heterocycles. The molecule has 1 aromatic heterocycles. The van der Waals surface area contributed by atoms with Gasteiger partial charge < -0.3 is 20.4 Å². The van der Waals surface area contributed by atoms with Crippen LogP contribution in [0.3, 0.4) is 0 Å². The van der Waals surface area contributed by atoms with Gasteiger partial charge in [0.1, 0.15) is 5.60 Å². The number of fused-ring (bicyclic) bond motifs is 1. The Hall–Kier alpha value is -3.28. The number of benzene rings is 2. The number of para-hydroxylation sites is 1. The van der Waals surface area contributed by atoms with Crippen LogP contribution in [0.4, 0.5) is 10.5 Å². The minimum atomic E-state index is -0.544. The molecule has 3 N–H and O–H groups in total. The second kappa shape index (κ2) is 9.03. The fourth-order valence-corrected chi connectivity index (χ4v) is 3.22. The summed E-state index contributed by atoms with van der Waals surface area (Å²) in [6, 6.07) is 15.4. The number of alkyl carbamates (subject to hydrolysis) is 1. The van der Waals surface area contributed by atoms with Crippen LogP contribution in [0.25, 0.3) is 10.9 Å². The zero-order valence-corrected chi connectivity index (χ0v) is 17.8. The summed E-state index contributed by atoms with van der Waals surface area (Å²) in [6.45, 7) is 7.76. The number of anilines is 1. The van der Waals surface area contributed by atoms with Gasteiger partial charge in [-0.05, 0) is 56.0 Å². The molecule has 6 nitrogen and oxygen atoms in total. The first-order chi connectivity index (χ1) is 14.2.